The summed E-state index contributed by atoms with van der Waals surface area (Å²) in [6, 6.07) is 5.35. The molecule has 0 saturated carbocycles. The second-order valence-electron chi connectivity index (χ2n) is 5.60. The Morgan fingerprint density at radius 2 is 1.79 bits per heavy atom. The van der Waals surface area contributed by atoms with Gasteiger partial charge in [-0.1, -0.05) is 29.3 Å². The summed E-state index contributed by atoms with van der Waals surface area (Å²) in [6.45, 7) is 0.661. The first-order valence-electron chi connectivity index (χ1n) is 6.06. The second-order valence-corrected chi connectivity index (χ2v) is 6.41. The monoisotopic (exact) mass is 304 g/mol. The minimum atomic E-state index is -0.262. The molecule has 1 unspecified atom stereocenters. The van der Waals surface area contributed by atoms with E-state index in [4.69, 9.17) is 27.9 Å². The Morgan fingerprint density at radius 3 is 2.21 bits per heavy atom. The van der Waals surface area contributed by atoms with Crippen LogP contribution in [0.3, 0.4) is 0 Å². The Bertz CT molecular complexity index is 435. The Morgan fingerprint density at radius 1 is 1.26 bits per heavy atom. The first kappa shape index (κ1) is 16.3. The summed E-state index contributed by atoms with van der Waals surface area (Å²) in [6.07, 6.45) is 0.487. The second kappa shape index (κ2) is 6.60. The Hall–Kier alpha value is -0.770. The van der Waals surface area contributed by atoms with Crippen molar-refractivity contribution < 1.29 is 14.0 Å². The third kappa shape index (κ3) is 5.01. The molecule has 0 bridgehead atoms. The van der Waals surface area contributed by atoms with Crippen molar-refractivity contribution in [1.82, 2.24) is 0 Å². The van der Waals surface area contributed by atoms with Crippen LogP contribution in [-0.2, 0) is 16.0 Å². The average Bonchev–Trinajstić information content (AvgIpc) is 2.30. The van der Waals surface area contributed by atoms with Crippen LogP contribution in [-0.4, -0.2) is 45.2 Å². The van der Waals surface area contributed by atoms with Crippen LogP contribution in [0.15, 0.2) is 18.2 Å². The fourth-order valence-corrected chi connectivity index (χ4v) is 2.58. The van der Waals surface area contributed by atoms with Gasteiger partial charge in [0.1, 0.15) is 5.92 Å². The highest BCUT2D eigenvalue weighted by molar-refractivity contribution is 6.36. The van der Waals surface area contributed by atoms with Gasteiger partial charge < -0.3 is 9.22 Å². The van der Waals surface area contributed by atoms with Crippen LogP contribution in [0.5, 0.6) is 0 Å². The molecule has 0 aromatic heterocycles. The van der Waals surface area contributed by atoms with Gasteiger partial charge in [-0.25, -0.2) is 0 Å². The minimum absolute atomic E-state index is 0.232. The van der Waals surface area contributed by atoms with Crippen molar-refractivity contribution in [2.24, 2.45) is 5.92 Å². The predicted octanol–water partition coefficient (Wildman–Crippen LogP) is 3.03. The molecular weight excluding hydrogens is 285 g/mol. The molecular formula is C14H20Cl2NO2+. The van der Waals surface area contributed by atoms with Crippen molar-refractivity contribution in [3.63, 3.8) is 0 Å². The van der Waals surface area contributed by atoms with Crippen LogP contribution in [0.2, 0.25) is 10.0 Å². The zero-order valence-corrected chi connectivity index (χ0v) is 13.3. The highest BCUT2D eigenvalue weighted by Gasteiger charge is 2.27. The normalized spacial score (nSPS) is 13.2. The Balaban J connectivity index is 2.98. The molecule has 0 aliphatic carbocycles. The lowest BCUT2D eigenvalue weighted by atomic mass is 9.98. The number of carbonyl (C=O) groups is 1. The van der Waals surface area contributed by atoms with E-state index in [1.807, 2.05) is 21.1 Å². The zero-order chi connectivity index (χ0) is 14.6. The number of hydrogen-bond donors (Lipinski definition) is 0. The Labute approximate surface area is 124 Å². The highest BCUT2D eigenvalue weighted by Crippen LogP contribution is 2.27. The third-order valence-corrected chi connectivity index (χ3v) is 3.52. The number of nitrogens with zero attached hydrogens (tertiary/aromatic N) is 1. The topological polar surface area (TPSA) is 26.3 Å². The summed E-state index contributed by atoms with van der Waals surface area (Å²) in [5.74, 6) is -0.494. The van der Waals surface area contributed by atoms with Crippen LogP contribution in [0.25, 0.3) is 0 Å². The van der Waals surface area contributed by atoms with E-state index in [9.17, 15) is 4.79 Å². The number of quaternary nitrogens is 1. The smallest absolute Gasteiger partial charge is 0.314 e. The molecule has 0 aliphatic heterocycles. The maximum Gasteiger partial charge on any atom is 0.314 e. The molecule has 0 amide bonds. The molecule has 0 heterocycles. The van der Waals surface area contributed by atoms with Gasteiger partial charge in [0, 0.05) is 10.0 Å². The number of hydrogen-bond acceptors (Lipinski definition) is 2. The predicted molar refractivity (Wildman–Crippen MR) is 78.6 cm³/mol. The van der Waals surface area contributed by atoms with Gasteiger partial charge in [0.25, 0.3) is 0 Å². The van der Waals surface area contributed by atoms with E-state index in [2.05, 4.69) is 0 Å². The number of esters is 1. The SMILES string of the molecule is COC(=O)C(Cc1c(Cl)cccc1Cl)C[N+](C)(C)C. The molecule has 3 nitrogen and oxygen atoms in total. The maximum absolute atomic E-state index is 11.9. The number of carbonyl (C=O) groups excluding carboxylic acids is 1. The van der Waals surface area contributed by atoms with Crippen molar-refractivity contribution >= 4 is 29.2 Å². The van der Waals surface area contributed by atoms with Gasteiger partial charge in [0.15, 0.2) is 0 Å². The van der Waals surface area contributed by atoms with Crippen LogP contribution in [0.4, 0.5) is 0 Å². The lowest BCUT2D eigenvalue weighted by Gasteiger charge is -2.28. The summed E-state index contributed by atoms with van der Waals surface area (Å²) in [5.41, 5.74) is 0.801. The van der Waals surface area contributed by atoms with Crippen molar-refractivity contribution in [1.29, 1.82) is 0 Å². The quantitative estimate of drug-likeness (QED) is 0.617. The summed E-state index contributed by atoms with van der Waals surface area (Å²) in [4.78, 5) is 11.9. The molecule has 0 N–H and O–H groups in total. The summed E-state index contributed by atoms with van der Waals surface area (Å²) in [7, 11) is 7.50. The van der Waals surface area contributed by atoms with Crippen molar-refractivity contribution in [3.05, 3.63) is 33.8 Å². The first-order chi connectivity index (χ1) is 8.74. The van der Waals surface area contributed by atoms with E-state index in [-0.39, 0.29) is 11.9 Å². The fourth-order valence-electron chi connectivity index (χ4n) is 2.02. The van der Waals surface area contributed by atoms with Crippen molar-refractivity contribution in [3.8, 4) is 0 Å². The van der Waals surface area contributed by atoms with Crippen molar-refractivity contribution in [2.75, 3.05) is 34.8 Å². The number of benzene rings is 1. The van der Waals surface area contributed by atoms with E-state index in [1.165, 1.54) is 7.11 Å². The highest BCUT2D eigenvalue weighted by atomic mass is 35.5. The van der Waals surface area contributed by atoms with Crippen LogP contribution in [0.1, 0.15) is 5.56 Å². The molecule has 5 heteroatoms. The third-order valence-electron chi connectivity index (χ3n) is 2.81. The van der Waals surface area contributed by atoms with Gasteiger partial charge in [-0.2, -0.15) is 0 Å². The molecule has 0 radical (unpaired) electrons. The average molecular weight is 305 g/mol. The summed E-state index contributed by atoms with van der Waals surface area (Å²) >= 11 is 12.3. The van der Waals surface area contributed by atoms with Gasteiger partial charge in [-0.15, -0.1) is 0 Å². The van der Waals surface area contributed by atoms with Crippen LogP contribution in [0, 0.1) is 5.92 Å². The molecule has 0 saturated heterocycles. The van der Waals surface area contributed by atoms with Gasteiger partial charge in [-0.05, 0) is 24.1 Å². The summed E-state index contributed by atoms with van der Waals surface area (Å²) in [5, 5.41) is 1.17. The lowest BCUT2D eigenvalue weighted by molar-refractivity contribution is -0.872. The molecule has 0 spiro atoms. The van der Waals surface area contributed by atoms with E-state index in [1.54, 1.807) is 18.2 Å². The molecule has 106 valence electrons. The number of ether oxygens (including phenoxy) is 1. The lowest BCUT2D eigenvalue weighted by Crippen LogP contribution is -2.42. The molecule has 1 aromatic carbocycles. The molecule has 1 rings (SSSR count). The van der Waals surface area contributed by atoms with Crippen molar-refractivity contribution in [2.45, 2.75) is 6.42 Å². The van der Waals surface area contributed by atoms with E-state index >= 15 is 0 Å². The van der Waals surface area contributed by atoms with Crippen LogP contribution < -0.4 is 0 Å². The molecule has 19 heavy (non-hydrogen) atoms. The molecule has 1 aromatic rings. The van der Waals surface area contributed by atoms with Gasteiger partial charge in [0.05, 0.1) is 34.8 Å². The minimum Gasteiger partial charge on any atom is -0.469 e. The largest absolute Gasteiger partial charge is 0.469 e. The first-order valence-corrected chi connectivity index (χ1v) is 6.81. The Kier molecular flexibility index (Phi) is 5.65. The standard InChI is InChI=1S/C14H20Cl2NO2/c1-17(2,3)9-10(14(18)19-4)8-11-12(15)6-5-7-13(11)16/h5-7,10H,8-9H2,1-4H3/q+1. The van der Waals surface area contributed by atoms with Gasteiger partial charge in [0.2, 0.25) is 0 Å². The van der Waals surface area contributed by atoms with Crippen LogP contribution >= 0.6 is 23.2 Å². The zero-order valence-electron chi connectivity index (χ0n) is 11.7. The number of methoxy groups -OCH3 is 1. The maximum atomic E-state index is 11.9. The molecule has 0 fully saturated rings. The molecule has 0 aliphatic rings. The summed E-state index contributed by atoms with van der Waals surface area (Å²) < 4.78 is 5.54. The van der Waals surface area contributed by atoms with Gasteiger partial charge >= 0.3 is 5.97 Å². The number of rotatable bonds is 5. The fraction of sp³-hybridized carbons (Fsp3) is 0.500. The van der Waals surface area contributed by atoms with E-state index in [0.29, 0.717) is 27.5 Å². The van der Waals surface area contributed by atoms with Gasteiger partial charge in [-0.3, -0.25) is 4.79 Å². The van der Waals surface area contributed by atoms with E-state index in [0.717, 1.165) is 5.56 Å². The molecule has 1 atom stereocenters. The number of halogens is 2. The van der Waals surface area contributed by atoms with E-state index < -0.39 is 0 Å².